The van der Waals surface area contributed by atoms with Crippen molar-refractivity contribution in [1.29, 1.82) is 0 Å². The molecule has 2 aromatic heterocycles. The van der Waals surface area contributed by atoms with Gasteiger partial charge in [-0.05, 0) is 42.0 Å². The molecule has 0 aliphatic rings. The minimum Gasteiger partial charge on any atom is -0.465 e. The Morgan fingerprint density at radius 1 is 1.04 bits per heavy atom. The minimum absolute atomic E-state index is 0.266. The zero-order chi connectivity index (χ0) is 19.1. The smallest absolute Gasteiger partial charge is 0.337 e. The minimum atomic E-state index is -0.405. The molecule has 0 bridgehead atoms. The number of pyridine rings is 2. The highest BCUT2D eigenvalue weighted by atomic mass is 16.5. The van der Waals surface area contributed by atoms with Gasteiger partial charge in [0.25, 0.3) is 5.91 Å². The first-order valence-corrected chi connectivity index (χ1v) is 8.24. The number of nitrogens with zero attached hydrogens (tertiary/aromatic N) is 2. The zero-order valence-electron chi connectivity index (χ0n) is 14.7. The van der Waals surface area contributed by atoms with Gasteiger partial charge in [-0.2, -0.15) is 0 Å². The number of hydrogen-bond donors (Lipinski definition) is 2. The molecule has 27 heavy (non-hydrogen) atoms. The van der Waals surface area contributed by atoms with E-state index in [0.29, 0.717) is 29.2 Å². The van der Waals surface area contributed by atoms with Gasteiger partial charge in [0.1, 0.15) is 5.69 Å². The highest BCUT2D eigenvalue weighted by molar-refractivity contribution is 5.92. The van der Waals surface area contributed by atoms with E-state index in [9.17, 15) is 9.59 Å². The van der Waals surface area contributed by atoms with Gasteiger partial charge in [-0.15, -0.1) is 0 Å². The number of rotatable bonds is 6. The standard InChI is InChI=1S/C20H18N4O3/c1-27-20(26)15-5-2-6-16(10-15)24-17-7-8-18(22-13-17)19(25)23-12-14-4-3-9-21-11-14/h2-11,13,24H,12H2,1H3,(H,23,25). The number of carbonyl (C=O) groups excluding carboxylic acids is 2. The van der Waals surface area contributed by atoms with E-state index in [2.05, 4.69) is 20.6 Å². The van der Waals surface area contributed by atoms with Crippen LogP contribution >= 0.6 is 0 Å². The molecule has 3 aromatic rings. The number of nitrogens with one attached hydrogen (secondary N) is 2. The molecular formula is C20H18N4O3. The van der Waals surface area contributed by atoms with Crippen molar-refractivity contribution in [3.8, 4) is 0 Å². The Hall–Kier alpha value is -3.74. The Morgan fingerprint density at radius 3 is 2.63 bits per heavy atom. The van der Waals surface area contributed by atoms with Crippen molar-refractivity contribution in [3.05, 3.63) is 83.9 Å². The summed E-state index contributed by atoms with van der Waals surface area (Å²) in [5.74, 6) is -0.671. The molecule has 1 amide bonds. The molecule has 0 atom stereocenters. The van der Waals surface area contributed by atoms with Crippen molar-refractivity contribution >= 4 is 23.3 Å². The van der Waals surface area contributed by atoms with Crippen molar-refractivity contribution in [2.75, 3.05) is 12.4 Å². The molecule has 0 spiro atoms. The lowest BCUT2D eigenvalue weighted by Crippen LogP contribution is -2.23. The van der Waals surface area contributed by atoms with Crippen molar-refractivity contribution in [3.63, 3.8) is 0 Å². The molecule has 0 aliphatic carbocycles. The molecule has 2 heterocycles. The fourth-order valence-corrected chi connectivity index (χ4v) is 2.39. The van der Waals surface area contributed by atoms with E-state index >= 15 is 0 Å². The largest absolute Gasteiger partial charge is 0.465 e. The zero-order valence-corrected chi connectivity index (χ0v) is 14.7. The number of hydrogen-bond acceptors (Lipinski definition) is 6. The van der Waals surface area contributed by atoms with Gasteiger partial charge in [0.05, 0.1) is 24.6 Å². The van der Waals surface area contributed by atoms with Gasteiger partial charge in [0.15, 0.2) is 0 Å². The monoisotopic (exact) mass is 362 g/mol. The SMILES string of the molecule is COC(=O)c1cccc(Nc2ccc(C(=O)NCc3cccnc3)nc2)c1. The molecule has 0 saturated heterocycles. The number of amides is 1. The first kappa shape index (κ1) is 18.1. The summed E-state index contributed by atoms with van der Waals surface area (Å²) >= 11 is 0. The predicted octanol–water partition coefficient (Wildman–Crippen LogP) is 2.94. The maximum Gasteiger partial charge on any atom is 0.337 e. The Bertz CT molecular complexity index is 927. The van der Waals surface area contributed by atoms with Crippen LogP contribution in [0.4, 0.5) is 11.4 Å². The van der Waals surface area contributed by atoms with Crippen molar-refractivity contribution in [2.45, 2.75) is 6.54 Å². The maximum absolute atomic E-state index is 12.2. The number of ether oxygens (including phenoxy) is 1. The molecule has 1 aromatic carbocycles. The average molecular weight is 362 g/mol. The molecule has 0 saturated carbocycles. The third-order valence-corrected chi connectivity index (χ3v) is 3.74. The van der Waals surface area contributed by atoms with Crippen LogP contribution in [0.5, 0.6) is 0 Å². The second kappa shape index (κ2) is 8.57. The molecular weight excluding hydrogens is 344 g/mol. The van der Waals surface area contributed by atoms with E-state index in [1.54, 1.807) is 48.9 Å². The quantitative estimate of drug-likeness (QED) is 0.655. The fraction of sp³-hybridized carbons (Fsp3) is 0.100. The van der Waals surface area contributed by atoms with Crippen molar-refractivity contribution in [2.24, 2.45) is 0 Å². The fourth-order valence-electron chi connectivity index (χ4n) is 2.39. The summed E-state index contributed by atoms with van der Waals surface area (Å²) in [5, 5.41) is 5.93. The summed E-state index contributed by atoms with van der Waals surface area (Å²) in [6.07, 6.45) is 4.94. The summed E-state index contributed by atoms with van der Waals surface area (Å²) < 4.78 is 4.71. The average Bonchev–Trinajstić information content (AvgIpc) is 2.73. The lowest BCUT2D eigenvalue weighted by atomic mass is 10.2. The topological polar surface area (TPSA) is 93.2 Å². The third-order valence-electron chi connectivity index (χ3n) is 3.74. The first-order valence-electron chi connectivity index (χ1n) is 8.24. The molecule has 0 radical (unpaired) electrons. The third kappa shape index (κ3) is 4.88. The van der Waals surface area contributed by atoms with Crippen LogP contribution in [0.1, 0.15) is 26.4 Å². The van der Waals surface area contributed by atoms with E-state index in [1.165, 1.54) is 7.11 Å². The van der Waals surface area contributed by atoms with Crippen LogP contribution in [0, 0.1) is 0 Å². The van der Waals surface area contributed by atoms with E-state index < -0.39 is 5.97 Å². The van der Waals surface area contributed by atoms with Crippen LogP contribution in [0.15, 0.2) is 67.1 Å². The summed E-state index contributed by atoms with van der Waals surface area (Å²) in [6, 6.07) is 14.0. The van der Waals surface area contributed by atoms with Gasteiger partial charge < -0.3 is 15.4 Å². The molecule has 136 valence electrons. The summed E-state index contributed by atoms with van der Waals surface area (Å²) in [6.45, 7) is 0.384. The molecule has 2 N–H and O–H groups in total. The van der Waals surface area contributed by atoms with E-state index in [0.717, 1.165) is 5.56 Å². The molecule has 7 heteroatoms. The Kier molecular flexibility index (Phi) is 5.73. The van der Waals surface area contributed by atoms with Gasteiger partial charge in [0.2, 0.25) is 0 Å². The number of aromatic nitrogens is 2. The number of methoxy groups -OCH3 is 1. The van der Waals surface area contributed by atoms with Gasteiger partial charge in [-0.3, -0.25) is 9.78 Å². The second-order valence-electron chi connectivity index (χ2n) is 5.67. The number of carbonyl (C=O) groups is 2. The van der Waals surface area contributed by atoms with Gasteiger partial charge >= 0.3 is 5.97 Å². The summed E-state index contributed by atoms with van der Waals surface area (Å²) in [4.78, 5) is 31.9. The van der Waals surface area contributed by atoms with Crippen LogP contribution in [-0.4, -0.2) is 29.0 Å². The summed E-state index contributed by atoms with van der Waals surface area (Å²) in [5.41, 5.74) is 3.08. The Labute approximate surface area is 156 Å². The lowest BCUT2D eigenvalue weighted by Gasteiger charge is -2.09. The molecule has 7 nitrogen and oxygen atoms in total. The Morgan fingerprint density at radius 2 is 1.93 bits per heavy atom. The van der Waals surface area contributed by atoms with Gasteiger partial charge in [-0.1, -0.05) is 12.1 Å². The molecule has 0 fully saturated rings. The normalized spacial score (nSPS) is 10.1. The van der Waals surface area contributed by atoms with Crippen molar-refractivity contribution < 1.29 is 14.3 Å². The number of benzene rings is 1. The highest BCUT2D eigenvalue weighted by Gasteiger charge is 2.08. The number of esters is 1. The highest BCUT2D eigenvalue weighted by Crippen LogP contribution is 2.17. The second-order valence-corrected chi connectivity index (χ2v) is 5.67. The van der Waals surface area contributed by atoms with E-state index in [4.69, 9.17) is 4.74 Å². The van der Waals surface area contributed by atoms with Crippen LogP contribution in [-0.2, 0) is 11.3 Å². The number of anilines is 2. The van der Waals surface area contributed by atoms with Crippen LogP contribution in [0.25, 0.3) is 0 Å². The van der Waals surface area contributed by atoms with Gasteiger partial charge in [-0.25, -0.2) is 9.78 Å². The molecule has 0 unspecified atom stereocenters. The maximum atomic E-state index is 12.2. The van der Waals surface area contributed by atoms with Crippen LogP contribution in [0.2, 0.25) is 0 Å². The summed E-state index contributed by atoms with van der Waals surface area (Å²) in [7, 11) is 1.34. The van der Waals surface area contributed by atoms with Crippen LogP contribution in [0.3, 0.4) is 0 Å². The predicted molar refractivity (Wildman–Crippen MR) is 101 cm³/mol. The lowest BCUT2D eigenvalue weighted by molar-refractivity contribution is 0.0600. The molecule has 0 aliphatic heterocycles. The Balaban J connectivity index is 1.61. The molecule has 3 rings (SSSR count). The first-order chi connectivity index (χ1) is 13.2. The van der Waals surface area contributed by atoms with Gasteiger partial charge in [0, 0.05) is 24.6 Å². The van der Waals surface area contributed by atoms with E-state index in [-0.39, 0.29) is 5.91 Å². The van der Waals surface area contributed by atoms with Crippen LogP contribution < -0.4 is 10.6 Å². The van der Waals surface area contributed by atoms with Crippen molar-refractivity contribution in [1.82, 2.24) is 15.3 Å². The van der Waals surface area contributed by atoms with E-state index in [1.807, 2.05) is 18.2 Å².